The van der Waals surface area contributed by atoms with Gasteiger partial charge in [-0.1, -0.05) is 90.9 Å². The third kappa shape index (κ3) is 7.26. The van der Waals surface area contributed by atoms with Crippen molar-refractivity contribution in [1.82, 2.24) is 0 Å². The summed E-state index contributed by atoms with van der Waals surface area (Å²) in [6.07, 6.45) is 25.9. The quantitative estimate of drug-likeness (QED) is 0.246. The van der Waals surface area contributed by atoms with E-state index in [1.807, 2.05) is 0 Å². The predicted molar refractivity (Wildman–Crippen MR) is 111 cm³/mol. The second-order valence-electron chi connectivity index (χ2n) is 10.1. The summed E-state index contributed by atoms with van der Waals surface area (Å²) in [6, 6.07) is 0. The molecule has 0 amide bonds. The first kappa shape index (κ1) is 19.8. The van der Waals surface area contributed by atoms with E-state index >= 15 is 0 Å². The highest BCUT2D eigenvalue weighted by molar-refractivity contribution is 4.98. The first-order valence-corrected chi connectivity index (χ1v) is 12.3. The molecule has 3 rings (SSSR count). The summed E-state index contributed by atoms with van der Waals surface area (Å²) in [7, 11) is 0. The van der Waals surface area contributed by atoms with E-state index in [0.717, 1.165) is 23.7 Å². The van der Waals surface area contributed by atoms with Crippen LogP contribution in [0, 0.1) is 35.5 Å². The monoisotopic (exact) mass is 346 g/mol. The largest absolute Gasteiger partial charge is 0.0654 e. The zero-order chi connectivity index (χ0) is 17.5. The first-order chi connectivity index (χ1) is 12.3. The van der Waals surface area contributed by atoms with Crippen molar-refractivity contribution in [1.29, 1.82) is 0 Å². The van der Waals surface area contributed by atoms with E-state index in [4.69, 9.17) is 0 Å². The molecule has 6 atom stereocenters. The van der Waals surface area contributed by atoms with Gasteiger partial charge in [0.15, 0.2) is 0 Å². The fourth-order valence-electron chi connectivity index (χ4n) is 5.59. The van der Waals surface area contributed by atoms with Gasteiger partial charge in [0.25, 0.3) is 0 Å². The standard InChI is InChI=1S/C25H46/c1-3-5-7-8-9-10-12-14-21-16-23(21)18-25-19-24(25)17-22-15-20(22)13-11-6-4-2/h20-25H,3-19H2,1-2H3. The minimum absolute atomic E-state index is 1.15. The Morgan fingerprint density at radius 2 is 0.800 bits per heavy atom. The van der Waals surface area contributed by atoms with Crippen LogP contribution < -0.4 is 0 Å². The summed E-state index contributed by atoms with van der Waals surface area (Å²) in [4.78, 5) is 0. The molecule has 0 spiro atoms. The maximum Gasteiger partial charge on any atom is -0.0380 e. The van der Waals surface area contributed by atoms with Crippen LogP contribution in [-0.2, 0) is 0 Å². The van der Waals surface area contributed by atoms with Crippen molar-refractivity contribution in [3.05, 3.63) is 0 Å². The van der Waals surface area contributed by atoms with Crippen molar-refractivity contribution in [2.45, 2.75) is 123 Å². The van der Waals surface area contributed by atoms with Crippen LogP contribution in [0.3, 0.4) is 0 Å². The van der Waals surface area contributed by atoms with Gasteiger partial charge in [0, 0.05) is 0 Å². The average molecular weight is 347 g/mol. The molecule has 0 aromatic rings. The maximum absolute atomic E-state index is 2.33. The molecule has 0 heterocycles. The lowest BCUT2D eigenvalue weighted by Crippen LogP contribution is -1.92. The summed E-state index contributed by atoms with van der Waals surface area (Å²) in [5.41, 5.74) is 0. The van der Waals surface area contributed by atoms with E-state index in [9.17, 15) is 0 Å². The van der Waals surface area contributed by atoms with E-state index in [1.165, 1.54) is 76.0 Å². The molecule has 0 saturated heterocycles. The molecule has 0 N–H and O–H groups in total. The Labute approximate surface area is 158 Å². The highest BCUT2D eigenvalue weighted by atomic mass is 14.5. The first-order valence-electron chi connectivity index (χ1n) is 12.3. The Morgan fingerprint density at radius 3 is 1.36 bits per heavy atom. The van der Waals surface area contributed by atoms with Crippen LogP contribution in [0.2, 0.25) is 0 Å². The Morgan fingerprint density at radius 1 is 0.440 bits per heavy atom. The molecular weight excluding hydrogens is 300 g/mol. The van der Waals surface area contributed by atoms with E-state index < -0.39 is 0 Å². The molecule has 0 radical (unpaired) electrons. The SMILES string of the molecule is CCCCCCCCCC1CC1CC1CC1CC1CC1CCCCC. The van der Waals surface area contributed by atoms with Gasteiger partial charge in [-0.25, -0.2) is 0 Å². The van der Waals surface area contributed by atoms with Gasteiger partial charge in [-0.3, -0.25) is 0 Å². The number of unbranched alkanes of at least 4 members (excludes halogenated alkanes) is 8. The van der Waals surface area contributed by atoms with Gasteiger partial charge < -0.3 is 0 Å². The average Bonchev–Trinajstić information content (AvgIpc) is 3.51. The highest BCUT2D eigenvalue weighted by Crippen LogP contribution is 2.58. The van der Waals surface area contributed by atoms with Crippen LogP contribution >= 0.6 is 0 Å². The number of rotatable bonds is 16. The zero-order valence-corrected chi connectivity index (χ0v) is 17.5. The van der Waals surface area contributed by atoms with Crippen molar-refractivity contribution in [2.75, 3.05) is 0 Å². The summed E-state index contributed by atoms with van der Waals surface area (Å²) in [6.45, 7) is 4.65. The molecule has 0 aromatic carbocycles. The van der Waals surface area contributed by atoms with Crippen LogP contribution in [0.25, 0.3) is 0 Å². The topological polar surface area (TPSA) is 0 Å². The van der Waals surface area contributed by atoms with E-state index in [1.54, 1.807) is 44.9 Å². The van der Waals surface area contributed by atoms with Crippen LogP contribution in [0.4, 0.5) is 0 Å². The van der Waals surface area contributed by atoms with Crippen molar-refractivity contribution in [2.24, 2.45) is 35.5 Å². The second-order valence-corrected chi connectivity index (χ2v) is 10.1. The maximum atomic E-state index is 2.33. The Balaban J connectivity index is 1.12. The summed E-state index contributed by atoms with van der Waals surface area (Å²) >= 11 is 0. The van der Waals surface area contributed by atoms with Gasteiger partial charge in [-0.05, 0) is 67.6 Å². The van der Waals surface area contributed by atoms with E-state index in [-0.39, 0.29) is 0 Å². The van der Waals surface area contributed by atoms with E-state index in [2.05, 4.69) is 13.8 Å². The molecule has 146 valence electrons. The van der Waals surface area contributed by atoms with Crippen molar-refractivity contribution in [3.63, 3.8) is 0 Å². The third-order valence-electron chi connectivity index (χ3n) is 7.78. The number of hydrogen-bond acceptors (Lipinski definition) is 0. The van der Waals surface area contributed by atoms with Crippen LogP contribution in [-0.4, -0.2) is 0 Å². The van der Waals surface area contributed by atoms with Gasteiger partial charge in [0.1, 0.15) is 0 Å². The molecule has 0 nitrogen and oxygen atoms in total. The fraction of sp³-hybridized carbons (Fsp3) is 1.00. The van der Waals surface area contributed by atoms with Crippen molar-refractivity contribution < 1.29 is 0 Å². The van der Waals surface area contributed by atoms with Crippen molar-refractivity contribution in [3.8, 4) is 0 Å². The van der Waals surface area contributed by atoms with Crippen LogP contribution in [0.5, 0.6) is 0 Å². The molecule has 3 aliphatic carbocycles. The molecular formula is C25H46. The molecule has 3 saturated carbocycles. The molecule has 6 unspecified atom stereocenters. The summed E-state index contributed by atoms with van der Waals surface area (Å²) in [5.74, 6) is 6.96. The lowest BCUT2D eigenvalue weighted by Gasteiger charge is -2.03. The van der Waals surface area contributed by atoms with Crippen LogP contribution in [0.15, 0.2) is 0 Å². The van der Waals surface area contributed by atoms with E-state index in [0.29, 0.717) is 0 Å². The molecule has 0 aliphatic heterocycles. The fourth-order valence-corrected chi connectivity index (χ4v) is 5.59. The van der Waals surface area contributed by atoms with Gasteiger partial charge >= 0.3 is 0 Å². The minimum Gasteiger partial charge on any atom is -0.0654 e. The summed E-state index contributed by atoms with van der Waals surface area (Å²) < 4.78 is 0. The van der Waals surface area contributed by atoms with Gasteiger partial charge in [0.2, 0.25) is 0 Å². The molecule has 0 aromatic heterocycles. The third-order valence-corrected chi connectivity index (χ3v) is 7.78. The Bertz CT molecular complexity index is 359. The second kappa shape index (κ2) is 10.4. The molecule has 0 heteroatoms. The number of hydrogen-bond donors (Lipinski definition) is 0. The lowest BCUT2D eigenvalue weighted by molar-refractivity contribution is 0.487. The van der Waals surface area contributed by atoms with Crippen molar-refractivity contribution >= 4 is 0 Å². The highest BCUT2D eigenvalue weighted by Gasteiger charge is 2.48. The van der Waals surface area contributed by atoms with Gasteiger partial charge in [-0.2, -0.15) is 0 Å². The smallest absolute Gasteiger partial charge is 0.0380 e. The normalized spacial score (nSPS) is 35.8. The zero-order valence-electron chi connectivity index (χ0n) is 17.5. The van der Waals surface area contributed by atoms with Crippen LogP contribution in [0.1, 0.15) is 123 Å². The van der Waals surface area contributed by atoms with Gasteiger partial charge in [-0.15, -0.1) is 0 Å². The lowest BCUT2D eigenvalue weighted by atomic mass is 10.0. The molecule has 0 bridgehead atoms. The molecule has 25 heavy (non-hydrogen) atoms. The van der Waals surface area contributed by atoms with Gasteiger partial charge in [0.05, 0.1) is 0 Å². The minimum atomic E-state index is 1.15. The molecule has 3 fully saturated rings. The summed E-state index contributed by atoms with van der Waals surface area (Å²) in [5, 5.41) is 0. The Hall–Kier alpha value is 0. The Kier molecular flexibility index (Phi) is 8.19. The molecule has 3 aliphatic rings. The predicted octanol–water partition coefficient (Wildman–Crippen LogP) is 8.40.